The Morgan fingerprint density at radius 2 is 1.89 bits per heavy atom. The predicted molar refractivity (Wildman–Crippen MR) is 146 cm³/mol. The molecule has 1 aliphatic rings. The van der Waals surface area contributed by atoms with Crippen LogP contribution in [0.3, 0.4) is 0 Å². The second kappa shape index (κ2) is 10.5. The van der Waals surface area contributed by atoms with Crippen molar-refractivity contribution in [3.8, 4) is 5.75 Å². The van der Waals surface area contributed by atoms with Gasteiger partial charge in [-0.3, -0.25) is 14.5 Å². The Morgan fingerprint density at radius 1 is 1.08 bits per heavy atom. The molecule has 8 heteroatoms. The molecule has 2 heterocycles. The van der Waals surface area contributed by atoms with E-state index in [1.807, 2.05) is 92.0 Å². The number of carbonyl (C=O) groups is 2. The molecule has 0 unspecified atom stereocenters. The first kappa shape index (κ1) is 23.4. The van der Waals surface area contributed by atoms with Crippen LogP contribution in [0.2, 0.25) is 0 Å². The molecule has 0 fully saturated rings. The Hall–Kier alpha value is -4.30. The van der Waals surface area contributed by atoms with Crippen molar-refractivity contribution in [2.75, 3.05) is 22.6 Å². The number of benzene rings is 3. The van der Waals surface area contributed by atoms with E-state index in [1.165, 1.54) is 16.7 Å². The number of fused-ring (bicyclic) bond motifs is 1. The number of anilines is 2. The van der Waals surface area contributed by atoms with E-state index in [0.29, 0.717) is 28.9 Å². The van der Waals surface area contributed by atoms with E-state index in [2.05, 4.69) is 15.3 Å². The number of nitrogens with zero attached hydrogens (tertiary/aromatic N) is 2. The standard InChI is InChI=1S/C28H24N4O3S/c1-2-35-25-11-7-6-8-20(25)16-24-27(34)32(22-9-4-3-5-10-22)28(31-24)36-18-26(33)30-21-13-12-19-14-15-29-23(19)17-21/h3-17,29H,2,18H2,1H3,(H,30,33)/b24-16+. The number of thioether (sulfide) groups is 1. The predicted octanol–water partition coefficient (Wildman–Crippen LogP) is 5.68. The number of hydrogen-bond donors (Lipinski definition) is 2. The zero-order valence-electron chi connectivity index (χ0n) is 19.6. The van der Waals surface area contributed by atoms with Crippen LogP contribution in [0.1, 0.15) is 12.5 Å². The smallest absolute Gasteiger partial charge is 0.283 e. The van der Waals surface area contributed by atoms with E-state index >= 15 is 0 Å². The summed E-state index contributed by atoms with van der Waals surface area (Å²) >= 11 is 1.22. The van der Waals surface area contributed by atoms with Crippen molar-refractivity contribution >= 4 is 57.1 Å². The summed E-state index contributed by atoms with van der Waals surface area (Å²) in [6.07, 6.45) is 3.58. The number of nitrogens with one attached hydrogen (secondary N) is 2. The summed E-state index contributed by atoms with van der Waals surface area (Å²) in [5.41, 5.74) is 3.39. The molecule has 0 spiro atoms. The van der Waals surface area contributed by atoms with Gasteiger partial charge < -0.3 is 15.0 Å². The van der Waals surface area contributed by atoms with Crippen LogP contribution in [0.15, 0.2) is 95.7 Å². The van der Waals surface area contributed by atoms with Crippen molar-refractivity contribution in [1.29, 1.82) is 0 Å². The fourth-order valence-corrected chi connectivity index (χ4v) is 4.70. The van der Waals surface area contributed by atoms with E-state index in [-0.39, 0.29) is 23.3 Å². The molecular weight excluding hydrogens is 472 g/mol. The molecular formula is C28H24N4O3S. The minimum Gasteiger partial charge on any atom is -0.493 e. The summed E-state index contributed by atoms with van der Waals surface area (Å²) in [5.74, 6) is 0.336. The summed E-state index contributed by atoms with van der Waals surface area (Å²) in [6, 6.07) is 24.5. The highest BCUT2D eigenvalue weighted by atomic mass is 32.2. The molecule has 0 atom stereocenters. The van der Waals surface area contributed by atoms with Gasteiger partial charge in [-0.15, -0.1) is 0 Å². The van der Waals surface area contributed by atoms with Crippen LogP contribution < -0.4 is 15.0 Å². The Morgan fingerprint density at radius 3 is 2.72 bits per heavy atom. The van der Waals surface area contributed by atoms with E-state index < -0.39 is 0 Å². The molecule has 1 aromatic heterocycles. The molecule has 0 aliphatic carbocycles. The molecule has 3 aromatic carbocycles. The minimum atomic E-state index is -0.257. The summed E-state index contributed by atoms with van der Waals surface area (Å²) < 4.78 is 5.70. The number of carbonyl (C=O) groups excluding carboxylic acids is 2. The Bertz CT molecular complexity index is 1480. The summed E-state index contributed by atoms with van der Waals surface area (Å²) in [5, 5.41) is 4.44. The van der Waals surface area contributed by atoms with Gasteiger partial charge in [0.25, 0.3) is 5.91 Å². The molecule has 4 aromatic rings. The minimum absolute atomic E-state index is 0.0982. The van der Waals surface area contributed by atoms with Crippen molar-refractivity contribution in [3.63, 3.8) is 0 Å². The Balaban J connectivity index is 1.37. The number of hydrogen-bond acceptors (Lipinski definition) is 5. The number of para-hydroxylation sites is 2. The van der Waals surface area contributed by atoms with Crippen LogP contribution in [-0.4, -0.2) is 34.3 Å². The zero-order valence-corrected chi connectivity index (χ0v) is 20.4. The summed E-state index contributed by atoms with van der Waals surface area (Å²) in [4.78, 5) is 35.4. The number of amidine groups is 1. The Labute approximate surface area is 212 Å². The first-order valence-corrected chi connectivity index (χ1v) is 12.5. The van der Waals surface area contributed by atoms with Gasteiger partial charge in [0.05, 0.1) is 18.0 Å². The lowest BCUT2D eigenvalue weighted by Crippen LogP contribution is -2.31. The van der Waals surface area contributed by atoms with E-state index in [0.717, 1.165) is 16.5 Å². The molecule has 2 N–H and O–H groups in total. The lowest BCUT2D eigenvalue weighted by molar-refractivity contribution is -0.114. The van der Waals surface area contributed by atoms with Gasteiger partial charge in [-0.1, -0.05) is 54.2 Å². The van der Waals surface area contributed by atoms with Gasteiger partial charge in [0, 0.05) is 23.0 Å². The maximum atomic E-state index is 13.4. The van der Waals surface area contributed by atoms with Gasteiger partial charge in [-0.05, 0) is 54.8 Å². The second-order valence-corrected chi connectivity index (χ2v) is 8.93. The lowest BCUT2D eigenvalue weighted by atomic mass is 10.1. The molecule has 0 saturated heterocycles. The van der Waals surface area contributed by atoms with Gasteiger partial charge in [-0.25, -0.2) is 4.99 Å². The molecule has 1 aliphatic heterocycles. The van der Waals surface area contributed by atoms with Crippen LogP contribution in [0, 0.1) is 0 Å². The molecule has 0 saturated carbocycles. The molecule has 0 bridgehead atoms. The van der Waals surface area contributed by atoms with Gasteiger partial charge in [-0.2, -0.15) is 0 Å². The Kier molecular flexibility index (Phi) is 6.86. The molecule has 5 rings (SSSR count). The third-order valence-electron chi connectivity index (χ3n) is 5.53. The number of aromatic amines is 1. The lowest BCUT2D eigenvalue weighted by Gasteiger charge is -2.17. The van der Waals surface area contributed by atoms with Crippen molar-refractivity contribution in [2.45, 2.75) is 6.92 Å². The third kappa shape index (κ3) is 5.04. The number of aliphatic imine (C=N–C) groups is 1. The SMILES string of the molecule is CCOc1ccccc1/C=C1/N=C(SCC(=O)Nc2ccc3cc[nH]c3c2)N(c2ccccc2)C1=O. The number of rotatable bonds is 7. The van der Waals surface area contributed by atoms with Crippen molar-refractivity contribution in [2.24, 2.45) is 4.99 Å². The van der Waals surface area contributed by atoms with Crippen molar-refractivity contribution < 1.29 is 14.3 Å². The largest absolute Gasteiger partial charge is 0.493 e. The molecule has 2 amide bonds. The average molecular weight is 497 g/mol. The quantitative estimate of drug-likeness (QED) is 0.322. The second-order valence-electron chi connectivity index (χ2n) is 7.99. The van der Waals surface area contributed by atoms with Gasteiger partial charge in [0.15, 0.2) is 5.17 Å². The molecule has 180 valence electrons. The van der Waals surface area contributed by atoms with Crippen molar-refractivity contribution in [1.82, 2.24) is 4.98 Å². The zero-order chi connectivity index (χ0) is 24.9. The van der Waals surface area contributed by atoms with E-state index in [9.17, 15) is 9.59 Å². The maximum Gasteiger partial charge on any atom is 0.283 e. The number of amides is 2. The highest BCUT2D eigenvalue weighted by molar-refractivity contribution is 8.14. The van der Waals surface area contributed by atoms with Gasteiger partial charge in [0.1, 0.15) is 11.4 Å². The number of ether oxygens (including phenoxy) is 1. The van der Waals surface area contributed by atoms with E-state index in [4.69, 9.17) is 4.74 Å². The van der Waals surface area contributed by atoms with Gasteiger partial charge in [0.2, 0.25) is 5.91 Å². The highest BCUT2D eigenvalue weighted by Gasteiger charge is 2.32. The van der Waals surface area contributed by atoms with Crippen LogP contribution in [0.25, 0.3) is 17.0 Å². The molecule has 0 radical (unpaired) electrons. The van der Waals surface area contributed by atoms with E-state index in [1.54, 1.807) is 6.08 Å². The molecule has 7 nitrogen and oxygen atoms in total. The first-order valence-electron chi connectivity index (χ1n) is 11.5. The number of aromatic nitrogens is 1. The van der Waals surface area contributed by atoms with Crippen LogP contribution >= 0.6 is 11.8 Å². The first-order chi connectivity index (χ1) is 17.6. The highest BCUT2D eigenvalue weighted by Crippen LogP contribution is 2.31. The maximum absolute atomic E-state index is 13.4. The molecule has 36 heavy (non-hydrogen) atoms. The average Bonchev–Trinajstić information content (AvgIpc) is 3.48. The fourth-order valence-electron chi connectivity index (χ4n) is 3.88. The van der Waals surface area contributed by atoms with Crippen LogP contribution in [0.5, 0.6) is 5.75 Å². The topological polar surface area (TPSA) is 86.8 Å². The van der Waals surface area contributed by atoms with Crippen LogP contribution in [-0.2, 0) is 9.59 Å². The fraction of sp³-hybridized carbons (Fsp3) is 0.107. The van der Waals surface area contributed by atoms with Gasteiger partial charge >= 0.3 is 0 Å². The third-order valence-corrected chi connectivity index (χ3v) is 6.46. The summed E-state index contributed by atoms with van der Waals surface area (Å²) in [6.45, 7) is 2.43. The summed E-state index contributed by atoms with van der Waals surface area (Å²) in [7, 11) is 0. The van der Waals surface area contributed by atoms with Crippen molar-refractivity contribution in [3.05, 3.63) is 96.3 Å². The number of H-pyrrole nitrogens is 1. The monoisotopic (exact) mass is 496 g/mol. The normalized spacial score (nSPS) is 14.4. The van der Waals surface area contributed by atoms with Crippen LogP contribution in [0.4, 0.5) is 11.4 Å².